The van der Waals surface area contributed by atoms with Gasteiger partial charge in [-0.1, -0.05) is 11.6 Å². The number of hydrogen-bond donors (Lipinski definition) is 1. The molecule has 0 aliphatic rings. The molecule has 0 aliphatic carbocycles. The van der Waals surface area contributed by atoms with Crippen molar-refractivity contribution in [1.29, 1.82) is 0 Å². The van der Waals surface area contributed by atoms with E-state index in [0.29, 0.717) is 0 Å². The molecule has 98 valence electrons. The predicted molar refractivity (Wildman–Crippen MR) is 56.5 cm³/mol. The monoisotopic (exact) mass is 282 g/mol. The standard InChI is InChI=1S/C9H6ClF3N2O3/c10-5-1-2-7(15(17)18)6(3-5)8(16)14-4-9(11,12)13/h1-3H,4H2,(H,14,16). The van der Waals surface area contributed by atoms with E-state index in [1.165, 1.54) is 11.4 Å². The Morgan fingerprint density at radius 1 is 1.44 bits per heavy atom. The summed E-state index contributed by atoms with van der Waals surface area (Å²) in [7, 11) is 0. The van der Waals surface area contributed by atoms with Gasteiger partial charge in [-0.3, -0.25) is 14.9 Å². The van der Waals surface area contributed by atoms with Crippen LogP contribution in [0.25, 0.3) is 0 Å². The van der Waals surface area contributed by atoms with Crippen LogP contribution in [0.15, 0.2) is 18.2 Å². The summed E-state index contributed by atoms with van der Waals surface area (Å²) in [5.41, 5.74) is -1.13. The molecular weight excluding hydrogens is 277 g/mol. The Morgan fingerprint density at radius 3 is 2.56 bits per heavy atom. The summed E-state index contributed by atoms with van der Waals surface area (Å²) >= 11 is 5.53. The minimum atomic E-state index is -4.59. The molecule has 0 saturated heterocycles. The molecule has 0 bridgehead atoms. The zero-order chi connectivity index (χ0) is 13.9. The fourth-order valence-electron chi connectivity index (χ4n) is 1.13. The van der Waals surface area contributed by atoms with Crippen LogP contribution in [0, 0.1) is 10.1 Å². The Balaban J connectivity index is 2.97. The summed E-state index contributed by atoms with van der Waals surface area (Å²) < 4.78 is 35.7. The normalized spacial score (nSPS) is 11.1. The molecule has 5 nitrogen and oxygen atoms in total. The molecule has 0 radical (unpaired) electrons. The first-order valence-electron chi connectivity index (χ1n) is 4.49. The van der Waals surface area contributed by atoms with Crippen LogP contribution in [0.4, 0.5) is 18.9 Å². The SMILES string of the molecule is O=C(NCC(F)(F)F)c1cc(Cl)ccc1[N+](=O)[O-]. The molecule has 1 N–H and O–H groups in total. The highest BCUT2D eigenvalue weighted by Gasteiger charge is 2.29. The predicted octanol–water partition coefficient (Wildman–Crippen LogP) is 2.54. The number of amides is 1. The Morgan fingerprint density at radius 2 is 2.06 bits per heavy atom. The van der Waals surface area contributed by atoms with Crippen LogP contribution < -0.4 is 5.32 Å². The maximum Gasteiger partial charge on any atom is 0.405 e. The lowest BCUT2D eigenvalue weighted by Crippen LogP contribution is -2.34. The van der Waals surface area contributed by atoms with Crippen molar-refractivity contribution in [3.63, 3.8) is 0 Å². The number of rotatable bonds is 3. The van der Waals surface area contributed by atoms with Crippen molar-refractivity contribution >= 4 is 23.2 Å². The number of carbonyl (C=O) groups excluding carboxylic acids is 1. The zero-order valence-corrected chi connectivity index (χ0v) is 9.38. The number of hydrogen-bond acceptors (Lipinski definition) is 3. The first kappa shape index (κ1) is 14.2. The molecule has 0 fully saturated rings. The lowest BCUT2D eigenvalue weighted by atomic mass is 10.1. The van der Waals surface area contributed by atoms with Gasteiger partial charge >= 0.3 is 6.18 Å². The number of nitro benzene ring substituents is 1. The average molecular weight is 283 g/mol. The maximum atomic E-state index is 11.9. The summed E-state index contributed by atoms with van der Waals surface area (Å²) in [6, 6.07) is 3.05. The number of nitro groups is 1. The van der Waals surface area contributed by atoms with Gasteiger partial charge in [-0.05, 0) is 12.1 Å². The van der Waals surface area contributed by atoms with E-state index in [-0.39, 0.29) is 5.02 Å². The van der Waals surface area contributed by atoms with E-state index in [9.17, 15) is 28.1 Å². The van der Waals surface area contributed by atoms with Gasteiger partial charge in [0.1, 0.15) is 12.1 Å². The molecule has 0 spiro atoms. The Kier molecular flexibility index (Phi) is 4.12. The third-order valence-corrected chi connectivity index (χ3v) is 2.08. The summed E-state index contributed by atoms with van der Waals surface area (Å²) in [6.45, 7) is -1.57. The van der Waals surface area contributed by atoms with Crippen LogP contribution in [0.3, 0.4) is 0 Å². The van der Waals surface area contributed by atoms with Gasteiger partial charge in [-0.25, -0.2) is 0 Å². The number of halogens is 4. The van der Waals surface area contributed by atoms with Gasteiger partial charge < -0.3 is 5.32 Å². The van der Waals surface area contributed by atoms with Gasteiger partial charge in [0.2, 0.25) is 0 Å². The van der Waals surface area contributed by atoms with Gasteiger partial charge in [-0.15, -0.1) is 0 Å². The van der Waals surface area contributed by atoms with Gasteiger partial charge in [0.15, 0.2) is 0 Å². The zero-order valence-electron chi connectivity index (χ0n) is 8.62. The molecular formula is C9H6ClF3N2O3. The smallest absolute Gasteiger partial charge is 0.343 e. The van der Waals surface area contributed by atoms with Crippen molar-refractivity contribution in [2.24, 2.45) is 0 Å². The number of nitrogens with zero attached hydrogens (tertiary/aromatic N) is 1. The van der Waals surface area contributed by atoms with Crippen LogP contribution in [0.2, 0.25) is 5.02 Å². The summed E-state index contributed by atoms with van der Waals surface area (Å²) in [6.07, 6.45) is -4.59. The average Bonchev–Trinajstić information content (AvgIpc) is 2.24. The van der Waals surface area contributed by atoms with E-state index >= 15 is 0 Å². The Hall–Kier alpha value is -1.83. The molecule has 0 aliphatic heterocycles. The van der Waals surface area contributed by atoms with Gasteiger partial charge in [-0.2, -0.15) is 13.2 Å². The first-order valence-corrected chi connectivity index (χ1v) is 4.87. The van der Waals surface area contributed by atoms with Crippen molar-refractivity contribution in [2.75, 3.05) is 6.54 Å². The van der Waals surface area contributed by atoms with Gasteiger partial charge in [0.25, 0.3) is 11.6 Å². The molecule has 0 aromatic heterocycles. The van der Waals surface area contributed by atoms with Crippen molar-refractivity contribution in [3.8, 4) is 0 Å². The quantitative estimate of drug-likeness (QED) is 0.684. The van der Waals surface area contributed by atoms with Gasteiger partial charge in [0.05, 0.1) is 4.92 Å². The molecule has 18 heavy (non-hydrogen) atoms. The summed E-state index contributed by atoms with van der Waals surface area (Å²) in [4.78, 5) is 21.1. The molecule has 1 rings (SSSR count). The fourth-order valence-corrected chi connectivity index (χ4v) is 1.30. The third-order valence-electron chi connectivity index (χ3n) is 1.85. The first-order chi connectivity index (χ1) is 8.20. The van der Waals surface area contributed by atoms with Crippen LogP contribution >= 0.6 is 11.6 Å². The second-order valence-corrected chi connectivity index (χ2v) is 3.65. The highest BCUT2D eigenvalue weighted by Crippen LogP contribution is 2.23. The highest BCUT2D eigenvalue weighted by molar-refractivity contribution is 6.31. The largest absolute Gasteiger partial charge is 0.405 e. The Bertz CT molecular complexity index is 490. The lowest BCUT2D eigenvalue weighted by Gasteiger charge is -2.08. The lowest BCUT2D eigenvalue weighted by molar-refractivity contribution is -0.385. The van der Waals surface area contributed by atoms with E-state index < -0.39 is 34.8 Å². The minimum Gasteiger partial charge on any atom is -0.343 e. The second-order valence-electron chi connectivity index (χ2n) is 3.22. The highest BCUT2D eigenvalue weighted by atomic mass is 35.5. The summed E-state index contributed by atoms with van der Waals surface area (Å²) in [5, 5.41) is 12.1. The molecule has 0 saturated carbocycles. The fraction of sp³-hybridized carbons (Fsp3) is 0.222. The maximum absolute atomic E-state index is 11.9. The third kappa shape index (κ3) is 3.88. The van der Waals surface area contributed by atoms with E-state index in [2.05, 4.69) is 0 Å². The number of carbonyl (C=O) groups is 1. The van der Waals surface area contributed by atoms with E-state index in [0.717, 1.165) is 12.1 Å². The van der Waals surface area contributed by atoms with Crippen LogP contribution in [0.5, 0.6) is 0 Å². The van der Waals surface area contributed by atoms with Crippen LogP contribution in [-0.4, -0.2) is 23.6 Å². The van der Waals surface area contributed by atoms with Crippen LogP contribution in [0.1, 0.15) is 10.4 Å². The minimum absolute atomic E-state index is 0.0118. The Labute approximate surface area is 104 Å². The van der Waals surface area contributed by atoms with Crippen molar-refractivity contribution in [3.05, 3.63) is 38.9 Å². The summed E-state index contributed by atoms with van der Waals surface area (Å²) in [5.74, 6) is -1.21. The van der Waals surface area contributed by atoms with Crippen LogP contribution in [-0.2, 0) is 0 Å². The van der Waals surface area contributed by atoms with Crippen molar-refractivity contribution in [1.82, 2.24) is 5.32 Å². The molecule has 9 heteroatoms. The second kappa shape index (κ2) is 5.21. The molecule has 0 heterocycles. The number of alkyl halides is 3. The molecule has 0 atom stereocenters. The molecule has 1 amide bonds. The van der Waals surface area contributed by atoms with E-state index in [4.69, 9.17) is 11.6 Å². The van der Waals surface area contributed by atoms with Crippen molar-refractivity contribution < 1.29 is 22.9 Å². The van der Waals surface area contributed by atoms with Gasteiger partial charge in [0, 0.05) is 11.1 Å². The van der Waals surface area contributed by atoms with Crippen molar-refractivity contribution in [2.45, 2.75) is 6.18 Å². The van der Waals surface area contributed by atoms with E-state index in [1.54, 1.807) is 0 Å². The molecule has 0 unspecified atom stereocenters. The molecule has 1 aromatic carbocycles. The number of nitrogens with one attached hydrogen (secondary N) is 1. The van der Waals surface area contributed by atoms with E-state index in [1.807, 2.05) is 0 Å². The topological polar surface area (TPSA) is 72.2 Å². The number of benzene rings is 1. The molecule has 1 aromatic rings.